The van der Waals surface area contributed by atoms with E-state index in [1.165, 1.54) is 0 Å². The number of imidazole rings is 2. The minimum atomic E-state index is -0.591. The lowest BCUT2D eigenvalue weighted by Gasteiger charge is -2.25. The Morgan fingerprint density at radius 1 is 1.14 bits per heavy atom. The lowest BCUT2D eigenvalue weighted by Crippen LogP contribution is -2.18. The number of nitrogens with zero attached hydrogens (tertiary/aromatic N) is 6. The molecule has 0 aliphatic carbocycles. The second-order valence-electron chi connectivity index (χ2n) is 9.49. The molecule has 5 rings (SSSR count). The Labute approximate surface area is 210 Å². The van der Waals surface area contributed by atoms with Gasteiger partial charge < -0.3 is 13.9 Å². The fourth-order valence-electron chi connectivity index (χ4n) is 4.64. The van der Waals surface area contributed by atoms with E-state index in [2.05, 4.69) is 27.9 Å². The fourth-order valence-corrected chi connectivity index (χ4v) is 4.95. The van der Waals surface area contributed by atoms with Gasteiger partial charge in [0.2, 0.25) is 5.88 Å². The summed E-state index contributed by atoms with van der Waals surface area (Å²) in [6.45, 7) is 6.65. The topological polar surface area (TPSA) is 81.5 Å². The van der Waals surface area contributed by atoms with Gasteiger partial charge >= 0.3 is 0 Å². The molecule has 0 spiro atoms. The summed E-state index contributed by atoms with van der Waals surface area (Å²) < 4.78 is 9.70. The molecule has 0 N–H and O–H groups in total. The Hall–Kier alpha value is -3.63. The van der Waals surface area contributed by atoms with Crippen molar-refractivity contribution in [3.8, 4) is 29.0 Å². The van der Waals surface area contributed by atoms with Crippen molar-refractivity contribution >= 4 is 11.6 Å². The summed E-state index contributed by atoms with van der Waals surface area (Å²) in [5.41, 5.74) is 4.67. The molecular formula is C27H27ClN6O. The van der Waals surface area contributed by atoms with Gasteiger partial charge in [-0.05, 0) is 62.9 Å². The van der Waals surface area contributed by atoms with Crippen LogP contribution in [0.1, 0.15) is 55.3 Å². The van der Waals surface area contributed by atoms with Crippen LogP contribution in [0.5, 0.6) is 5.88 Å². The fraction of sp³-hybridized carbons (Fsp3) is 0.333. The second-order valence-corrected chi connectivity index (χ2v) is 9.90. The number of halogens is 1. The summed E-state index contributed by atoms with van der Waals surface area (Å²) >= 11 is 6.75. The molecule has 3 aromatic heterocycles. The minimum absolute atomic E-state index is 0.0827. The number of methoxy groups -OCH3 is 1. The van der Waals surface area contributed by atoms with Crippen molar-refractivity contribution in [2.75, 3.05) is 7.11 Å². The lowest BCUT2D eigenvalue weighted by molar-refractivity contribution is 0.396. The molecule has 7 nitrogen and oxygen atoms in total. The highest BCUT2D eigenvalue weighted by molar-refractivity contribution is 6.31. The van der Waals surface area contributed by atoms with Gasteiger partial charge in [-0.2, -0.15) is 5.26 Å². The molecule has 1 aliphatic heterocycles. The molecule has 4 heterocycles. The smallest absolute Gasteiger partial charge is 0.238 e. The predicted molar refractivity (Wildman–Crippen MR) is 135 cm³/mol. The molecule has 1 aliphatic rings. The first-order valence-corrected chi connectivity index (χ1v) is 12.0. The van der Waals surface area contributed by atoms with Gasteiger partial charge in [-0.3, -0.25) is 0 Å². The molecule has 0 radical (unpaired) electrons. The van der Waals surface area contributed by atoms with E-state index in [1.54, 1.807) is 13.4 Å². The molecule has 4 aromatic rings. The molecular weight excluding hydrogens is 460 g/mol. The maximum Gasteiger partial charge on any atom is 0.238 e. The van der Waals surface area contributed by atoms with Crippen molar-refractivity contribution in [1.82, 2.24) is 24.1 Å². The quantitative estimate of drug-likeness (QED) is 0.354. The van der Waals surface area contributed by atoms with E-state index < -0.39 is 5.41 Å². The lowest BCUT2D eigenvalue weighted by atomic mass is 9.84. The molecule has 1 atom stereocenters. The highest BCUT2D eigenvalue weighted by atomic mass is 35.5. The first kappa shape index (κ1) is 23.1. The van der Waals surface area contributed by atoms with Crippen LogP contribution >= 0.6 is 11.6 Å². The van der Waals surface area contributed by atoms with Crippen molar-refractivity contribution in [3.05, 3.63) is 76.7 Å². The average Bonchev–Trinajstić information content (AvgIpc) is 3.50. The van der Waals surface area contributed by atoms with Crippen LogP contribution in [0, 0.1) is 18.3 Å². The van der Waals surface area contributed by atoms with Gasteiger partial charge in [0.15, 0.2) is 0 Å². The summed E-state index contributed by atoms with van der Waals surface area (Å²) in [4.78, 5) is 14.1. The van der Waals surface area contributed by atoms with E-state index in [9.17, 15) is 5.26 Å². The molecule has 0 unspecified atom stereocenters. The second kappa shape index (κ2) is 8.86. The van der Waals surface area contributed by atoms with Crippen LogP contribution in [0.3, 0.4) is 0 Å². The zero-order valence-electron chi connectivity index (χ0n) is 20.3. The third-order valence-electron chi connectivity index (χ3n) is 6.67. The van der Waals surface area contributed by atoms with Gasteiger partial charge in [-0.15, -0.1) is 0 Å². The number of ether oxygens (including phenoxy) is 1. The minimum Gasteiger partial charge on any atom is -0.479 e. The Morgan fingerprint density at radius 2 is 1.97 bits per heavy atom. The maximum absolute atomic E-state index is 9.49. The van der Waals surface area contributed by atoms with E-state index >= 15 is 0 Å². The third kappa shape index (κ3) is 4.19. The van der Waals surface area contributed by atoms with Crippen LogP contribution in [0.15, 0.2) is 49.1 Å². The zero-order valence-corrected chi connectivity index (χ0v) is 21.0. The number of benzene rings is 1. The van der Waals surface area contributed by atoms with Crippen molar-refractivity contribution < 1.29 is 4.74 Å². The van der Waals surface area contributed by atoms with Crippen LogP contribution in [0.2, 0.25) is 5.02 Å². The van der Waals surface area contributed by atoms with E-state index in [-0.39, 0.29) is 5.92 Å². The standard InChI is InChI=1S/C27H27ClN6O/c1-17-13-34(16-30-17)24-10-9-22(32-26(24)35-4)23-14-33-11-5-6-20(25(33)31-23)19-8-7-18(12-21(19)28)27(2,3)15-29/h7-10,12-14,16,20H,5-6,11H2,1-4H3/t20-/m0/s1. The van der Waals surface area contributed by atoms with Crippen molar-refractivity contribution in [3.63, 3.8) is 0 Å². The van der Waals surface area contributed by atoms with Gasteiger partial charge in [0, 0.05) is 29.9 Å². The van der Waals surface area contributed by atoms with E-state index in [1.807, 2.05) is 55.8 Å². The van der Waals surface area contributed by atoms with Gasteiger partial charge in [0.05, 0.1) is 36.3 Å². The van der Waals surface area contributed by atoms with Crippen molar-refractivity contribution in [1.29, 1.82) is 5.26 Å². The van der Waals surface area contributed by atoms with E-state index in [0.717, 1.165) is 59.1 Å². The van der Waals surface area contributed by atoms with Crippen LogP contribution in [-0.2, 0) is 12.0 Å². The monoisotopic (exact) mass is 486 g/mol. The molecule has 0 fully saturated rings. The molecule has 8 heteroatoms. The average molecular weight is 487 g/mol. The molecule has 0 saturated carbocycles. The van der Waals surface area contributed by atoms with Crippen LogP contribution in [-0.4, -0.2) is 31.2 Å². The number of hydrogen-bond acceptors (Lipinski definition) is 5. The van der Waals surface area contributed by atoms with Crippen LogP contribution in [0.4, 0.5) is 0 Å². The Balaban J connectivity index is 1.50. The number of nitriles is 1. The van der Waals surface area contributed by atoms with Crippen LogP contribution in [0.25, 0.3) is 17.1 Å². The molecule has 0 bridgehead atoms. The number of aryl methyl sites for hydroxylation is 2. The first-order valence-electron chi connectivity index (χ1n) is 11.7. The van der Waals surface area contributed by atoms with E-state index in [0.29, 0.717) is 10.9 Å². The molecule has 0 saturated heterocycles. The van der Waals surface area contributed by atoms with Crippen LogP contribution < -0.4 is 4.74 Å². The van der Waals surface area contributed by atoms with Gasteiger partial charge in [0.1, 0.15) is 17.2 Å². The highest BCUT2D eigenvalue weighted by Crippen LogP contribution is 2.39. The number of aromatic nitrogens is 5. The zero-order chi connectivity index (χ0) is 24.7. The number of pyridine rings is 1. The number of hydrogen-bond donors (Lipinski definition) is 0. The summed E-state index contributed by atoms with van der Waals surface area (Å²) in [6, 6.07) is 12.3. The Morgan fingerprint density at radius 3 is 2.66 bits per heavy atom. The summed E-state index contributed by atoms with van der Waals surface area (Å²) in [5, 5.41) is 10.2. The highest BCUT2D eigenvalue weighted by Gasteiger charge is 2.28. The summed E-state index contributed by atoms with van der Waals surface area (Å²) in [6.07, 6.45) is 7.75. The number of rotatable bonds is 5. The first-order chi connectivity index (χ1) is 16.8. The summed E-state index contributed by atoms with van der Waals surface area (Å²) in [7, 11) is 1.62. The predicted octanol–water partition coefficient (Wildman–Crippen LogP) is 5.83. The molecule has 1 aromatic carbocycles. The van der Waals surface area contributed by atoms with Gasteiger partial charge in [-0.1, -0.05) is 23.7 Å². The molecule has 0 amide bonds. The Bertz CT molecular complexity index is 1440. The van der Waals surface area contributed by atoms with Crippen molar-refractivity contribution in [2.45, 2.75) is 51.5 Å². The SMILES string of the molecule is COc1nc(-c2cn3c(n2)[C@H](c2ccc(C(C)(C)C#N)cc2Cl)CCC3)ccc1-n1cnc(C)c1. The molecule has 35 heavy (non-hydrogen) atoms. The number of fused-ring (bicyclic) bond motifs is 1. The molecule has 178 valence electrons. The van der Waals surface area contributed by atoms with Crippen molar-refractivity contribution in [2.24, 2.45) is 0 Å². The van der Waals surface area contributed by atoms with Gasteiger partial charge in [-0.25, -0.2) is 15.0 Å². The largest absolute Gasteiger partial charge is 0.479 e. The summed E-state index contributed by atoms with van der Waals surface area (Å²) in [5.74, 6) is 1.58. The Kier molecular flexibility index (Phi) is 5.86. The van der Waals surface area contributed by atoms with Gasteiger partial charge in [0.25, 0.3) is 0 Å². The maximum atomic E-state index is 9.49. The third-order valence-corrected chi connectivity index (χ3v) is 7.00. The van der Waals surface area contributed by atoms with E-state index in [4.69, 9.17) is 26.3 Å². The normalized spacial score (nSPS) is 15.5.